The maximum Gasteiger partial charge on any atom is 0.324 e. The first kappa shape index (κ1) is 15.0. The van der Waals surface area contributed by atoms with Crippen LogP contribution < -0.4 is 9.64 Å². The van der Waals surface area contributed by atoms with E-state index in [-0.39, 0.29) is 17.8 Å². The maximum absolute atomic E-state index is 13.1. The van der Waals surface area contributed by atoms with Crippen LogP contribution in [0.1, 0.15) is 17.9 Å². The molecule has 4 nitrogen and oxygen atoms in total. The molecule has 0 saturated carbocycles. The van der Waals surface area contributed by atoms with Gasteiger partial charge in [-0.15, -0.1) is 0 Å². The molecule has 2 aliphatic heterocycles. The lowest BCUT2D eigenvalue weighted by Crippen LogP contribution is -2.45. The number of hydrogen-bond donors (Lipinski definition) is 0. The van der Waals surface area contributed by atoms with Gasteiger partial charge in [-0.2, -0.15) is 0 Å². The lowest BCUT2D eigenvalue weighted by atomic mass is 9.99. The summed E-state index contributed by atoms with van der Waals surface area (Å²) in [6, 6.07) is 14.3. The maximum atomic E-state index is 13.1. The van der Waals surface area contributed by atoms with Gasteiger partial charge < -0.3 is 9.64 Å². The third kappa shape index (κ3) is 2.70. The van der Waals surface area contributed by atoms with Crippen LogP contribution in [-0.4, -0.2) is 37.2 Å². The Labute approximate surface area is 140 Å². The van der Waals surface area contributed by atoms with Crippen molar-refractivity contribution in [3.05, 3.63) is 59.9 Å². The second-order valence-electron chi connectivity index (χ2n) is 6.23. The molecular weight excluding hydrogens is 307 g/mol. The van der Waals surface area contributed by atoms with Crippen LogP contribution in [0.25, 0.3) is 0 Å². The molecule has 0 N–H and O–H groups in total. The summed E-state index contributed by atoms with van der Waals surface area (Å²) in [5, 5.41) is 0. The minimum atomic E-state index is -0.227. The molecule has 1 unspecified atom stereocenters. The molecule has 1 fully saturated rings. The number of benzene rings is 2. The molecule has 1 atom stereocenters. The molecule has 4 rings (SSSR count). The van der Waals surface area contributed by atoms with E-state index in [1.807, 2.05) is 41.3 Å². The van der Waals surface area contributed by atoms with Gasteiger partial charge in [0, 0.05) is 19.0 Å². The van der Waals surface area contributed by atoms with Crippen molar-refractivity contribution in [2.45, 2.75) is 12.3 Å². The summed E-state index contributed by atoms with van der Waals surface area (Å²) in [5.41, 5.74) is 1.92. The van der Waals surface area contributed by atoms with Crippen molar-refractivity contribution >= 4 is 11.7 Å². The first-order chi connectivity index (χ1) is 11.7. The number of para-hydroxylation sites is 2. The number of hydrogen-bond acceptors (Lipinski definition) is 2. The van der Waals surface area contributed by atoms with Gasteiger partial charge in [0.2, 0.25) is 0 Å². The van der Waals surface area contributed by atoms with Crippen molar-refractivity contribution in [2.24, 2.45) is 0 Å². The summed E-state index contributed by atoms with van der Waals surface area (Å²) in [6.45, 7) is 2.47. The van der Waals surface area contributed by atoms with Crippen LogP contribution in [0.15, 0.2) is 48.5 Å². The van der Waals surface area contributed by atoms with Gasteiger partial charge in [-0.05, 0) is 36.2 Å². The summed E-state index contributed by atoms with van der Waals surface area (Å²) in [5.74, 6) is 0.798. The second kappa shape index (κ2) is 6.15. The average molecular weight is 326 g/mol. The van der Waals surface area contributed by atoms with E-state index in [4.69, 9.17) is 4.74 Å². The third-order valence-electron chi connectivity index (χ3n) is 4.76. The lowest BCUT2D eigenvalue weighted by Gasteiger charge is -2.32. The quantitative estimate of drug-likeness (QED) is 0.801. The summed E-state index contributed by atoms with van der Waals surface area (Å²) in [7, 11) is 0. The van der Waals surface area contributed by atoms with Crippen LogP contribution in [0.5, 0.6) is 5.75 Å². The number of ether oxygens (including phenoxy) is 1. The number of likely N-dealkylation sites (tertiary alicyclic amines) is 1. The van der Waals surface area contributed by atoms with Crippen molar-refractivity contribution in [3.63, 3.8) is 0 Å². The van der Waals surface area contributed by atoms with E-state index in [9.17, 15) is 9.18 Å². The van der Waals surface area contributed by atoms with Crippen LogP contribution in [0.4, 0.5) is 14.9 Å². The molecule has 124 valence electrons. The van der Waals surface area contributed by atoms with E-state index in [1.165, 1.54) is 12.1 Å². The van der Waals surface area contributed by atoms with Crippen molar-refractivity contribution in [1.82, 2.24) is 4.90 Å². The number of carbonyl (C=O) groups is 1. The SMILES string of the molecule is O=C(N1CCC(c2ccc(F)cc2)C1)N1CCOc2ccccc21. The van der Waals surface area contributed by atoms with E-state index in [2.05, 4.69) is 0 Å². The van der Waals surface area contributed by atoms with Crippen LogP contribution in [0, 0.1) is 5.82 Å². The van der Waals surface area contributed by atoms with Crippen LogP contribution in [-0.2, 0) is 0 Å². The Balaban J connectivity index is 1.49. The topological polar surface area (TPSA) is 32.8 Å². The molecule has 2 aliphatic rings. The van der Waals surface area contributed by atoms with E-state index in [0.717, 1.165) is 30.0 Å². The minimum absolute atomic E-state index is 0.0235. The Morgan fingerprint density at radius 1 is 1.08 bits per heavy atom. The number of halogens is 1. The average Bonchev–Trinajstić information content (AvgIpc) is 3.11. The first-order valence-electron chi connectivity index (χ1n) is 8.26. The van der Waals surface area contributed by atoms with Gasteiger partial charge in [-0.1, -0.05) is 24.3 Å². The standard InChI is InChI=1S/C19H19FN2O2/c20-16-7-5-14(6-8-16)15-9-10-21(13-15)19(23)22-11-12-24-18-4-2-1-3-17(18)22/h1-8,15H,9-13H2. The predicted octanol–water partition coefficient (Wildman–Crippen LogP) is 3.63. The number of amides is 2. The Morgan fingerprint density at radius 2 is 1.88 bits per heavy atom. The van der Waals surface area contributed by atoms with E-state index >= 15 is 0 Å². The molecule has 0 bridgehead atoms. The van der Waals surface area contributed by atoms with Gasteiger partial charge in [-0.3, -0.25) is 4.90 Å². The zero-order valence-corrected chi connectivity index (χ0v) is 13.3. The number of urea groups is 1. The number of rotatable bonds is 1. The van der Waals surface area contributed by atoms with E-state index < -0.39 is 0 Å². The van der Waals surface area contributed by atoms with Gasteiger partial charge >= 0.3 is 6.03 Å². The summed E-state index contributed by atoms with van der Waals surface area (Å²) < 4.78 is 18.7. The Hall–Kier alpha value is -2.56. The Morgan fingerprint density at radius 3 is 2.71 bits per heavy atom. The first-order valence-corrected chi connectivity index (χ1v) is 8.26. The zero-order chi connectivity index (χ0) is 16.5. The third-order valence-corrected chi connectivity index (χ3v) is 4.76. The Bertz CT molecular complexity index is 747. The zero-order valence-electron chi connectivity index (χ0n) is 13.3. The van der Waals surface area contributed by atoms with Crippen molar-refractivity contribution in [2.75, 3.05) is 31.1 Å². The lowest BCUT2D eigenvalue weighted by molar-refractivity contribution is 0.209. The van der Waals surface area contributed by atoms with Crippen molar-refractivity contribution in [1.29, 1.82) is 0 Å². The van der Waals surface area contributed by atoms with Crippen molar-refractivity contribution < 1.29 is 13.9 Å². The van der Waals surface area contributed by atoms with Gasteiger partial charge in [0.15, 0.2) is 0 Å². The van der Waals surface area contributed by atoms with Crippen LogP contribution in [0.2, 0.25) is 0 Å². The number of nitrogens with zero attached hydrogens (tertiary/aromatic N) is 2. The summed E-state index contributed by atoms with van der Waals surface area (Å²) >= 11 is 0. The predicted molar refractivity (Wildman–Crippen MR) is 90.0 cm³/mol. The van der Waals surface area contributed by atoms with Gasteiger partial charge in [-0.25, -0.2) is 9.18 Å². The molecule has 0 spiro atoms. The Kier molecular flexibility index (Phi) is 3.84. The molecule has 2 aromatic rings. The normalized spacial score (nSPS) is 19.8. The molecule has 24 heavy (non-hydrogen) atoms. The van der Waals surface area contributed by atoms with E-state index in [0.29, 0.717) is 19.7 Å². The van der Waals surface area contributed by atoms with Crippen LogP contribution >= 0.6 is 0 Å². The van der Waals surface area contributed by atoms with Gasteiger partial charge in [0.25, 0.3) is 0 Å². The molecule has 1 saturated heterocycles. The molecular formula is C19H19FN2O2. The summed E-state index contributed by atoms with van der Waals surface area (Å²) in [4.78, 5) is 16.6. The molecule has 2 aromatic carbocycles. The highest BCUT2D eigenvalue weighted by atomic mass is 19.1. The fourth-order valence-electron chi connectivity index (χ4n) is 3.48. The molecule has 0 aromatic heterocycles. The molecule has 2 amide bonds. The molecule has 2 heterocycles. The largest absolute Gasteiger partial charge is 0.490 e. The summed E-state index contributed by atoms with van der Waals surface area (Å²) in [6.07, 6.45) is 0.906. The molecule has 5 heteroatoms. The second-order valence-corrected chi connectivity index (χ2v) is 6.23. The van der Waals surface area contributed by atoms with Gasteiger partial charge in [0.05, 0.1) is 12.2 Å². The number of carbonyl (C=O) groups excluding carboxylic acids is 1. The van der Waals surface area contributed by atoms with Crippen molar-refractivity contribution in [3.8, 4) is 5.75 Å². The highest BCUT2D eigenvalue weighted by Gasteiger charge is 2.32. The monoisotopic (exact) mass is 326 g/mol. The van der Waals surface area contributed by atoms with E-state index in [1.54, 1.807) is 4.90 Å². The molecule has 0 radical (unpaired) electrons. The highest BCUT2D eigenvalue weighted by Crippen LogP contribution is 2.34. The fourth-order valence-corrected chi connectivity index (χ4v) is 3.48. The fraction of sp³-hybridized carbons (Fsp3) is 0.316. The number of anilines is 1. The van der Waals surface area contributed by atoms with Crippen LogP contribution in [0.3, 0.4) is 0 Å². The highest BCUT2D eigenvalue weighted by molar-refractivity contribution is 5.94. The number of fused-ring (bicyclic) bond motifs is 1. The molecule has 0 aliphatic carbocycles. The smallest absolute Gasteiger partial charge is 0.324 e. The minimum Gasteiger partial charge on any atom is -0.490 e. The van der Waals surface area contributed by atoms with Gasteiger partial charge in [0.1, 0.15) is 18.2 Å².